The molecule has 0 radical (unpaired) electrons. The molecule has 0 fully saturated rings. The Bertz CT molecular complexity index is 355. The first kappa shape index (κ1) is 7.98. The Kier molecular flexibility index (Phi) is 2.08. The highest BCUT2D eigenvalue weighted by atomic mass is 15.3. The molecular formula is C10H11N3. The van der Waals surface area contributed by atoms with Crippen molar-refractivity contribution >= 4 is 12.6 Å². The lowest BCUT2D eigenvalue weighted by atomic mass is 10.0. The highest BCUT2D eigenvalue weighted by Gasteiger charge is 2.11. The lowest BCUT2D eigenvalue weighted by Gasteiger charge is -2.15. The number of rotatable bonds is 1. The van der Waals surface area contributed by atoms with Crippen LogP contribution in [0.15, 0.2) is 34.4 Å². The summed E-state index contributed by atoms with van der Waals surface area (Å²) in [6.45, 7) is 4.21. The van der Waals surface area contributed by atoms with Crippen LogP contribution in [-0.4, -0.2) is 19.1 Å². The maximum absolute atomic E-state index is 4.33. The molecule has 0 spiro atoms. The highest BCUT2D eigenvalue weighted by molar-refractivity contribution is 6.00. The smallest absolute Gasteiger partial charge is 0.149 e. The fourth-order valence-corrected chi connectivity index (χ4v) is 1.51. The van der Waals surface area contributed by atoms with Crippen molar-refractivity contribution < 1.29 is 0 Å². The Morgan fingerprint density at radius 3 is 3.08 bits per heavy atom. The van der Waals surface area contributed by atoms with Crippen molar-refractivity contribution in [2.75, 3.05) is 6.54 Å². The minimum atomic E-state index is 0.828. The van der Waals surface area contributed by atoms with Crippen LogP contribution in [0.2, 0.25) is 0 Å². The van der Waals surface area contributed by atoms with Gasteiger partial charge < -0.3 is 0 Å². The van der Waals surface area contributed by atoms with Crippen molar-refractivity contribution in [1.82, 2.24) is 5.43 Å². The van der Waals surface area contributed by atoms with E-state index in [0.29, 0.717) is 0 Å². The quantitative estimate of drug-likeness (QED) is 0.502. The molecule has 0 atom stereocenters. The van der Waals surface area contributed by atoms with E-state index in [9.17, 15) is 0 Å². The van der Waals surface area contributed by atoms with Crippen molar-refractivity contribution in [2.24, 2.45) is 10.1 Å². The van der Waals surface area contributed by atoms with Crippen LogP contribution in [-0.2, 0) is 6.42 Å². The maximum atomic E-state index is 4.33. The van der Waals surface area contributed by atoms with Crippen molar-refractivity contribution in [3.63, 3.8) is 0 Å². The van der Waals surface area contributed by atoms with Crippen LogP contribution in [0, 0.1) is 0 Å². The lowest BCUT2D eigenvalue weighted by Crippen LogP contribution is -2.24. The predicted molar refractivity (Wildman–Crippen MR) is 54.2 cm³/mol. The fourth-order valence-electron chi connectivity index (χ4n) is 1.51. The van der Waals surface area contributed by atoms with Gasteiger partial charge >= 0.3 is 0 Å². The summed E-state index contributed by atoms with van der Waals surface area (Å²) in [5, 5.41) is 3.63. The van der Waals surface area contributed by atoms with Crippen LogP contribution < -0.4 is 5.43 Å². The van der Waals surface area contributed by atoms with Crippen LogP contribution in [0.4, 0.5) is 0 Å². The molecule has 0 unspecified atom stereocenters. The molecule has 0 saturated heterocycles. The molecule has 2 rings (SSSR count). The molecule has 1 aliphatic rings. The van der Waals surface area contributed by atoms with Gasteiger partial charge in [-0.3, -0.25) is 10.4 Å². The summed E-state index contributed by atoms with van der Waals surface area (Å²) in [5.74, 6) is 0.830. The average Bonchev–Trinajstić information content (AvgIpc) is 2.19. The largest absolute Gasteiger partial charge is 0.266 e. The van der Waals surface area contributed by atoms with Crippen molar-refractivity contribution in [1.29, 1.82) is 0 Å². The number of hydrazone groups is 1. The van der Waals surface area contributed by atoms with E-state index in [1.807, 2.05) is 18.2 Å². The first-order valence-corrected chi connectivity index (χ1v) is 4.26. The molecule has 3 heteroatoms. The zero-order valence-corrected chi connectivity index (χ0v) is 7.33. The summed E-state index contributed by atoms with van der Waals surface area (Å²) in [6, 6.07) is 8.22. The number of fused-ring (bicyclic) bond motifs is 1. The summed E-state index contributed by atoms with van der Waals surface area (Å²) in [4.78, 5) is 4.33. The van der Waals surface area contributed by atoms with Gasteiger partial charge in [0.2, 0.25) is 0 Å². The third kappa shape index (κ3) is 1.45. The third-order valence-electron chi connectivity index (χ3n) is 2.11. The monoisotopic (exact) mass is 173 g/mol. The number of hydrogen-bond donors (Lipinski definition) is 1. The number of aliphatic imine (C=N–C) groups is 1. The van der Waals surface area contributed by atoms with E-state index in [0.717, 1.165) is 24.4 Å². The molecule has 0 saturated carbocycles. The van der Waals surface area contributed by atoms with Gasteiger partial charge in [0.15, 0.2) is 0 Å². The fraction of sp³-hybridized carbons (Fsp3) is 0.200. The van der Waals surface area contributed by atoms with Crippen LogP contribution in [0.3, 0.4) is 0 Å². The van der Waals surface area contributed by atoms with Crippen LogP contribution >= 0.6 is 0 Å². The van der Waals surface area contributed by atoms with Gasteiger partial charge in [-0.2, -0.15) is 5.10 Å². The molecule has 1 heterocycles. The summed E-state index contributed by atoms with van der Waals surface area (Å²) < 4.78 is 0. The van der Waals surface area contributed by atoms with Crippen molar-refractivity contribution in [3.05, 3.63) is 35.4 Å². The first-order chi connectivity index (χ1) is 6.42. The molecular weight excluding hydrogens is 162 g/mol. The molecule has 0 bridgehead atoms. The summed E-state index contributed by atoms with van der Waals surface area (Å²) >= 11 is 0. The molecule has 1 aliphatic heterocycles. The van der Waals surface area contributed by atoms with E-state index in [4.69, 9.17) is 0 Å². The van der Waals surface area contributed by atoms with E-state index in [1.54, 1.807) is 0 Å². The molecule has 1 aromatic rings. The van der Waals surface area contributed by atoms with E-state index < -0.39 is 0 Å². The number of nitrogens with one attached hydrogen (secondary N) is 1. The van der Waals surface area contributed by atoms with Crippen LogP contribution in [0.1, 0.15) is 11.1 Å². The van der Waals surface area contributed by atoms with E-state index in [1.165, 1.54) is 5.56 Å². The lowest BCUT2D eigenvalue weighted by molar-refractivity contribution is 0.903. The van der Waals surface area contributed by atoms with Crippen LogP contribution in [0.25, 0.3) is 0 Å². The van der Waals surface area contributed by atoms with Crippen molar-refractivity contribution in [3.8, 4) is 0 Å². The van der Waals surface area contributed by atoms with Gasteiger partial charge in [0, 0.05) is 18.8 Å². The second-order valence-electron chi connectivity index (χ2n) is 2.91. The molecule has 0 aromatic heterocycles. The zero-order chi connectivity index (χ0) is 9.10. The SMILES string of the molecule is C=NNC1=NCCc2ccccc21. The summed E-state index contributed by atoms with van der Waals surface area (Å²) in [6.07, 6.45) is 1.01. The summed E-state index contributed by atoms with van der Waals surface area (Å²) in [5.41, 5.74) is 5.27. The minimum Gasteiger partial charge on any atom is -0.266 e. The second kappa shape index (κ2) is 3.39. The molecule has 66 valence electrons. The summed E-state index contributed by atoms with van der Waals surface area (Å²) in [7, 11) is 0. The molecule has 0 amide bonds. The Morgan fingerprint density at radius 1 is 1.38 bits per heavy atom. The number of benzene rings is 1. The molecule has 1 N–H and O–H groups in total. The molecule has 13 heavy (non-hydrogen) atoms. The van der Waals surface area contributed by atoms with Crippen LogP contribution in [0.5, 0.6) is 0 Å². The normalized spacial score (nSPS) is 14.3. The van der Waals surface area contributed by atoms with E-state index >= 15 is 0 Å². The van der Waals surface area contributed by atoms with E-state index in [-0.39, 0.29) is 0 Å². The standard InChI is InChI=1S/C10H11N3/c1-11-13-10-9-5-3-2-4-8(9)6-7-12-10/h2-5H,1,6-7H2,(H,12,13). The number of nitrogens with zero attached hydrogens (tertiary/aromatic N) is 2. The Balaban J connectivity index is 2.41. The predicted octanol–water partition coefficient (Wildman–Crippen LogP) is 1.19. The Hall–Kier alpha value is -1.64. The zero-order valence-electron chi connectivity index (χ0n) is 7.33. The first-order valence-electron chi connectivity index (χ1n) is 4.26. The number of hydrogen-bond acceptors (Lipinski definition) is 3. The Labute approximate surface area is 77.2 Å². The molecule has 0 aliphatic carbocycles. The average molecular weight is 173 g/mol. The van der Waals surface area contributed by atoms with Gasteiger partial charge in [0.25, 0.3) is 0 Å². The number of amidine groups is 1. The highest BCUT2D eigenvalue weighted by Crippen LogP contribution is 2.14. The third-order valence-corrected chi connectivity index (χ3v) is 2.11. The Morgan fingerprint density at radius 2 is 2.23 bits per heavy atom. The second-order valence-corrected chi connectivity index (χ2v) is 2.91. The topological polar surface area (TPSA) is 36.8 Å². The maximum Gasteiger partial charge on any atom is 0.149 e. The molecule has 1 aromatic carbocycles. The molecule has 3 nitrogen and oxygen atoms in total. The van der Waals surface area contributed by atoms with Gasteiger partial charge in [-0.25, -0.2) is 0 Å². The minimum absolute atomic E-state index is 0.828. The van der Waals surface area contributed by atoms with Gasteiger partial charge in [-0.15, -0.1) is 0 Å². The van der Waals surface area contributed by atoms with Gasteiger partial charge in [0.1, 0.15) is 5.84 Å². The van der Waals surface area contributed by atoms with Gasteiger partial charge in [-0.1, -0.05) is 24.3 Å². The van der Waals surface area contributed by atoms with Gasteiger partial charge in [-0.05, 0) is 12.0 Å². The van der Waals surface area contributed by atoms with Gasteiger partial charge in [0.05, 0.1) is 0 Å². The van der Waals surface area contributed by atoms with E-state index in [2.05, 4.69) is 28.3 Å². The van der Waals surface area contributed by atoms with Crippen molar-refractivity contribution in [2.45, 2.75) is 6.42 Å².